The van der Waals surface area contributed by atoms with E-state index in [1.165, 1.54) is 12.1 Å². The highest BCUT2D eigenvalue weighted by Crippen LogP contribution is 2.27. The van der Waals surface area contributed by atoms with Gasteiger partial charge in [-0.25, -0.2) is 0 Å². The van der Waals surface area contributed by atoms with Crippen LogP contribution in [0.3, 0.4) is 0 Å². The van der Waals surface area contributed by atoms with Gasteiger partial charge >= 0.3 is 0 Å². The molecular weight excluding hydrogens is 218 g/mol. The molecule has 2 unspecified atom stereocenters. The number of benzene rings is 1. The second-order valence-corrected chi connectivity index (χ2v) is 4.68. The summed E-state index contributed by atoms with van der Waals surface area (Å²) >= 11 is 0. The lowest BCUT2D eigenvalue weighted by molar-refractivity contribution is 0.120. The number of nitrogens with one attached hydrogen (secondary N) is 1. The number of aromatic hydroxyl groups is 2. The van der Waals surface area contributed by atoms with Gasteiger partial charge in [0.1, 0.15) is 11.5 Å². The minimum Gasteiger partial charge on any atom is -0.508 e. The van der Waals surface area contributed by atoms with E-state index in [-0.39, 0.29) is 23.5 Å². The molecule has 1 aromatic rings. The van der Waals surface area contributed by atoms with Crippen molar-refractivity contribution in [1.29, 1.82) is 0 Å². The zero-order valence-corrected chi connectivity index (χ0v) is 10.5. The van der Waals surface area contributed by atoms with Gasteiger partial charge in [0.15, 0.2) is 0 Å². The summed E-state index contributed by atoms with van der Waals surface area (Å²) in [5.41, 5.74) is 0.707. The van der Waals surface area contributed by atoms with Crippen LogP contribution in [0.1, 0.15) is 32.4 Å². The maximum atomic E-state index is 9.67. The van der Waals surface area contributed by atoms with Crippen LogP contribution in [0.5, 0.6) is 11.5 Å². The van der Waals surface area contributed by atoms with E-state index >= 15 is 0 Å². The fourth-order valence-corrected chi connectivity index (χ4v) is 1.54. The van der Waals surface area contributed by atoms with Crippen molar-refractivity contribution in [3.63, 3.8) is 0 Å². The number of phenolic OH excluding ortho intramolecular Hbond substituents is 2. The molecule has 17 heavy (non-hydrogen) atoms. The van der Waals surface area contributed by atoms with Crippen molar-refractivity contribution >= 4 is 0 Å². The van der Waals surface area contributed by atoms with Gasteiger partial charge in [0, 0.05) is 24.2 Å². The van der Waals surface area contributed by atoms with Crippen LogP contribution in [-0.2, 0) is 0 Å². The molecule has 0 heterocycles. The molecule has 1 aromatic carbocycles. The number of rotatable bonds is 5. The molecule has 0 bridgehead atoms. The van der Waals surface area contributed by atoms with E-state index in [1.807, 2.05) is 20.8 Å². The van der Waals surface area contributed by atoms with Crippen LogP contribution >= 0.6 is 0 Å². The summed E-state index contributed by atoms with van der Waals surface area (Å²) in [7, 11) is 0. The van der Waals surface area contributed by atoms with Crippen molar-refractivity contribution in [2.75, 3.05) is 6.54 Å². The summed E-state index contributed by atoms with van der Waals surface area (Å²) in [6, 6.07) is 4.44. The lowest BCUT2D eigenvalue weighted by atomic mass is 10.0. The first-order chi connectivity index (χ1) is 7.91. The second-order valence-electron chi connectivity index (χ2n) is 4.68. The maximum absolute atomic E-state index is 9.67. The molecule has 4 N–H and O–H groups in total. The van der Waals surface area contributed by atoms with Crippen molar-refractivity contribution in [3.05, 3.63) is 23.8 Å². The molecule has 2 atom stereocenters. The second kappa shape index (κ2) is 5.89. The number of phenols is 2. The van der Waals surface area contributed by atoms with E-state index < -0.39 is 6.10 Å². The van der Waals surface area contributed by atoms with E-state index in [2.05, 4.69) is 5.32 Å². The van der Waals surface area contributed by atoms with Crippen molar-refractivity contribution in [1.82, 2.24) is 5.32 Å². The van der Waals surface area contributed by atoms with Crippen LogP contribution in [0.4, 0.5) is 0 Å². The van der Waals surface area contributed by atoms with Gasteiger partial charge in [0.05, 0.1) is 6.10 Å². The summed E-state index contributed by atoms with van der Waals surface area (Å²) in [4.78, 5) is 0. The third kappa shape index (κ3) is 3.91. The smallest absolute Gasteiger partial charge is 0.124 e. The summed E-state index contributed by atoms with van der Waals surface area (Å²) in [5, 5.41) is 31.7. The number of hydrogen-bond donors (Lipinski definition) is 4. The Bertz CT molecular complexity index is 366. The Morgan fingerprint density at radius 2 is 1.82 bits per heavy atom. The van der Waals surface area contributed by atoms with Crippen molar-refractivity contribution < 1.29 is 15.3 Å². The van der Waals surface area contributed by atoms with Gasteiger partial charge in [-0.15, -0.1) is 0 Å². The maximum Gasteiger partial charge on any atom is 0.124 e. The zero-order valence-electron chi connectivity index (χ0n) is 10.5. The van der Waals surface area contributed by atoms with Crippen molar-refractivity contribution in [2.24, 2.45) is 5.92 Å². The van der Waals surface area contributed by atoms with Crippen LogP contribution < -0.4 is 5.32 Å². The molecule has 0 spiro atoms. The van der Waals surface area contributed by atoms with E-state index in [0.717, 1.165) is 0 Å². The van der Waals surface area contributed by atoms with Crippen LogP contribution in [-0.4, -0.2) is 28.0 Å². The molecule has 0 saturated heterocycles. The molecule has 0 saturated carbocycles. The average molecular weight is 239 g/mol. The van der Waals surface area contributed by atoms with Crippen LogP contribution in [0.15, 0.2) is 18.2 Å². The Balaban J connectivity index is 2.61. The molecule has 4 heteroatoms. The SMILES string of the molecule is CC(NCC(O)C(C)C)c1ccc(O)cc1O. The van der Waals surface area contributed by atoms with Crippen molar-refractivity contribution in [2.45, 2.75) is 32.9 Å². The lowest BCUT2D eigenvalue weighted by Crippen LogP contribution is -2.32. The fraction of sp³-hybridized carbons (Fsp3) is 0.538. The fourth-order valence-electron chi connectivity index (χ4n) is 1.54. The van der Waals surface area contributed by atoms with Gasteiger partial charge < -0.3 is 20.6 Å². The first kappa shape index (κ1) is 13.8. The van der Waals surface area contributed by atoms with Gasteiger partial charge in [-0.3, -0.25) is 0 Å². The Labute approximate surface area is 102 Å². The standard InChI is InChI=1S/C13H21NO3/c1-8(2)13(17)7-14-9(3)11-5-4-10(15)6-12(11)16/h4-6,8-9,13-17H,7H2,1-3H3. The minimum absolute atomic E-state index is 0.0423. The Morgan fingerprint density at radius 1 is 1.18 bits per heavy atom. The van der Waals surface area contributed by atoms with Gasteiger partial charge in [-0.05, 0) is 18.9 Å². The number of aliphatic hydroxyl groups excluding tert-OH is 1. The predicted molar refractivity (Wildman–Crippen MR) is 67.0 cm³/mol. The van der Waals surface area contributed by atoms with Gasteiger partial charge in [-0.1, -0.05) is 19.9 Å². The molecule has 0 amide bonds. The summed E-state index contributed by atoms with van der Waals surface area (Å²) in [6.07, 6.45) is -0.406. The molecule has 0 aliphatic rings. The lowest BCUT2D eigenvalue weighted by Gasteiger charge is -2.20. The summed E-state index contributed by atoms with van der Waals surface area (Å²) < 4.78 is 0. The summed E-state index contributed by atoms with van der Waals surface area (Å²) in [6.45, 7) is 6.28. The molecule has 0 aromatic heterocycles. The van der Waals surface area contributed by atoms with Crippen molar-refractivity contribution in [3.8, 4) is 11.5 Å². The van der Waals surface area contributed by atoms with Crippen LogP contribution in [0, 0.1) is 5.92 Å². The van der Waals surface area contributed by atoms with Gasteiger partial charge in [-0.2, -0.15) is 0 Å². The molecule has 96 valence electrons. The van der Waals surface area contributed by atoms with E-state index in [0.29, 0.717) is 12.1 Å². The predicted octanol–water partition coefficient (Wildman–Crippen LogP) is 1.77. The molecule has 0 fully saturated rings. The highest BCUT2D eigenvalue weighted by Gasteiger charge is 2.14. The van der Waals surface area contributed by atoms with Gasteiger partial charge in [0.2, 0.25) is 0 Å². The van der Waals surface area contributed by atoms with Crippen LogP contribution in [0.2, 0.25) is 0 Å². The molecule has 0 radical (unpaired) electrons. The van der Waals surface area contributed by atoms with E-state index in [9.17, 15) is 15.3 Å². The molecule has 1 rings (SSSR count). The summed E-state index contributed by atoms with van der Waals surface area (Å²) in [5.74, 6) is 0.299. The Kier molecular flexibility index (Phi) is 4.78. The topological polar surface area (TPSA) is 72.7 Å². The largest absolute Gasteiger partial charge is 0.508 e. The monoisotopic (exact) mass is 239 g/mol. The van der Waals surface area contributed by atoms with E-state index in [4.69, 9.17) is 0 Å². The Morgan fingerprint density at radius 3 is 2.35 bits per heavy atom. The Hall–Kier alpha value is -1.26. The first-order valence-electron chi connectivity index (χ1n) is 5.85. The zero-order chi connectivity index (χ0) is 13.0. The van der Waals surface area contributed by atoms with Gasteiger partial charge in [0.25, 0.3) is 0 Å². The third-order valence-corrected chi connectivity index (χ3v) is 2.88. The van der Waals surface area contributed by atoms with Crippen LogP contribution in [0.25, 0.3) is 0 Å². The molecule has 0 aliphatic carbocycles. The molecule has 0 aliphatic heterocycles. The third-order valence-electron chi connectivity index (χ3n) is 2.88. The van der Waals surface area contributed by atoms with E-state index in [1.54, 1.807) is 6.07 Å². The molecule has 4 nitrogen and oxygen atoms in total. The number of hydrogen-bond acceptors (Lipinski definition) is 4. The normalized spacial score (nSPS) is 14.9. The molecular formula is C13H21NO3. The highest BCUT2D eigenvalue weighted by molar-refractivity contribution is 5.40. The average Bonchev–Trinajstić information content (AvgIpc) is 2.25. The first-order valence-corrected chi connectivity index (χ1v) is 5.85. The quantitative estimate of drug-likeness (QED) is 0.632. The highest BCUT2D eigenvalue weighted by atomic mass is 16.3. The minimum atomic E-state index is -0.406. The number of aliphatic hydroxyl groups is 1.